The van der Waals surface area contributed by atoms with Gasteiger partial charge in [-0.3, -0.25) is 9.59 Å². The first-order chi connectivity index (χ1) is 7.91. The summed E-state index contributed by atoms with van der Waals surface area (Å²) in [6.45, 7) is 10.6. The molecule has 0 heterocycles. The highest BCUT2D eigenvalue weighted by atomic mass is 16.6. The van der Waals surface area contributed by atoms with Gasteiger partial charge in [0.05, 0.1) is 6.42 Å². The maximum absolute atomic E-state index is 11.5. The summed E-state index contributed by atoms with van der Waals surface area (Å²) in [5.74, 6) is -1.01. The van der Waals surface area contributed by atoms with Crippen LogP contribution in [0.4, 0.5) is 0 Å². The Hall–Kier alpha value is -1.10. The number of carbonyl (C=O) groups excluding carboxylic acids is 2. The fourth-order valence-electron chi connectivity index (χ4n) is 1.04. The first-order valence-corrected chi connectivity index (χ1v) is 5.95. The third-order valence-electron chi connectivity index (χ3n) is 1.65. The van der Waals surface area contributed by atoms with Gasteiger partial charge in [0.2, 0.25) is 0 Å². The molecule has 0 saturated carbocycles. The van der Waals surface area contributed by atoms with E-state index < -0.39 is 29.2 Å². The summed E-state index contributed by atoms with van der Waals surface area (Å²) < 4.78 is 10.2. The van der Waals surface area contributed by atoms with E-state index >= 15 is 0 Å². The van der Waals surface area contributed by atoms with Gasteiger partial charge < -0.3 is 15.2 Å². The van der Waals surface area contributed by atoms with Crippen LogP contribution in [0.3, 0.4) is 0 Å². The second-order valence-electron chi connectivity index (χ2n) is 6.11. The number of ether oxygens (including phenoxy) is 2. The Morgan fingerprint density at radius 1 is 1.06 bits per heavy atom. The van der Waals surface area contributed by atoms with E-state index in [0.717, 1.165) is 0 Å². The number of hydrogen-bond donors (Lipinski definition) is 1. The van der Waals surface area contributed by atoms with Crippen LogP contribution in [0, 0.1) is 6.42 Å². The summed E-state index contributed by atoms with van der Waals surface area (Å²) in [7, 11) is 0. The van der Waals surface area contributed by atoms with Crippen molar-refractivity contribution in [3.8, 4) is 0 Å². The van der Waals surface area contributed by atoms with Crippen LogP contribution in [0.2, 0.25) is 0 Å². The lowest BCUT2D eigenvalue weighted by molar-refractivity contribution is -0.156. The fourth-order valence-corrected chi connectivity index (χ4v) is 1.04. The van der Waals surface area contributed by atoms with Crippen LogP contribution in [0.25, 0.3) is 0 Å². The van der Waals surface area contributed by atoms with Crippen molar-refractivity contribution in [2.24, 2.45) is 5.73 Å². The molecule has 0 aromatic rings. The van der Waals surface area contributed by atoms with Gasteiger partial charge in [-0.2, -0.15) is 0 Å². The van der Waals surface area contributed by atoms with Crippen LogP contribution >= 0.6 is 0 Å². The van der Waals surface area contributed by atoms with Crippen LogP contribution in [-0.4, -0.2) is 29.2 Å². The van der Waals surface area contributed by atoms with Crippen LogP contribution in [0.15, 0.2) is 0 Å². The van der Waals surface area contributed by atoms with Crippen molar-refractivity contribution < 1.29 is 19.1 Å². The van der Waals surface area contributed by atoms with E-state index in [4.69, 9.17) is 15.2 Å². The summed E-state index contributed by atoms with van der Waals surface area (Å²) in [5.41, 5.74) is 4.49. The fraction of sp³-hybridized carbons (Fsp3) is 0.769. The summed E-state index contributed by atoms with van der Waals surface area (Å²) in [6, 6.07) is -0.850. The quantitative estimate of drug-likeness (QED) is 0.775. The summed E-state index contributed by atoms with van der Waals surface area (Å²) >= 11 is 0. The Morgan fingerprint density at radius 2 is 1.50 bits per heavy atom. The highest BCUT2D eigenvalue weighted by Crippen LogP contribution is 2.11. The highest BCUT2D eigenvalue weighted by Gasteiger charge is 2.24. The molecule has 0 saturated heterocycles. The Kier molecular flexibility index (Phi) is 5.80. The van der Waals surface area contributed by atoms with Gasteiger partial charge in [-0.1, -0.05) is 0 Å². The number of rotatable bonds is 4. The molecule has 0 aromatic heterocycles. The van der Waals surface area contributed by atoms with Crippen molar-refractivity contribution in [1.82, 2.24) is 0 Å². The van der Waals surface area contributed by atoms with Crippen LogP contribution in [0.1, 0.15) is 48.0 Å². The minimum Gasteiger partial charge on any atom is -0.460 e. The second kappa shape index (κ2) is 6.18. The molecule has 0 amide bonds. The minimum atomic E-state index is -0.850. The third-order valence-corrected chi connectivity index (χ3v) is 1.65. The maximum atomic E-state index is 11.5. The summed E-state index contributed by atoms with van der Waals surface area (Å²) in [6.07, 6.45) is 1.36. The van der Waals surface area contributed by atoms with Crippen molar-refractivity contribution in [3.05, 3.63) is 6.42 Å². The van der Waals surface area contributed by atoms with Gasteiger partial charge in [0.25, 0.3) is 0 Å². The Morgan fingerprint density at radius 3 is 1.89 bits per heavy atom. The van der Waals surface area contributed by atoms with Crippen LogP contribution < -0.4 is 5.73 Å². The number of hydrogen-bond acceptors (Lipinski definition) is 5. The van der Waals surface area contributed by atoms with Gasteiger partial charge in [-0.05, 0) is 48.0 Å². The molecule has 18 heavy (non-hydrogen) atoms. The lowest BCUT2D eigenvalue weighted by Crippen LogP contribution is -2.38. The van der Waals surface area contributed by atoms with E-state index in [1.807, 2.05) is 0 Å². The molecule has 1 unspecified atom stereocenters. The Balaban J connectivity index is 4.07. The van der Waals surface area contributed by atoms with E-state index in [1.165, 1.54) is 6.42 Å². The van der Waals surface area contributed by atoms with Gasteiger partial charge in [-0.25, -0.2) is 0 Å². The zero-order valence-electron chi connectivity index (χ0n) is 12.1. The molecular weight excluding hydrogens is 234 g/mol. The normalized spacial score (nSPS) is 13.9. The number of nitrogens with two attached hydrogens (primary N) is 1. The van der Waals surface area contributed by atoms with Gasteiger partial charge in [0.15, 0.2) is 0 Å². The Labute approximate surface area is 109 Å². The molecule has 1 atom stereocenters. The molecule has 0 aromatic carbocycles. The first-order valence-electron chi connectivity index (χ1n) is 5.95. The van der Waals surface area contributed by atoms with Crippen molar-refractivity contribution >= 4 is 11.9 Å². The van der Waals surface area contributed by atoms with E-state index in [-0.39, 0.29) is 6.42 Å². The molecule has 5 nitrogen and oxygen atoms in total. The molecule has 0 spiro atoms. The zero-order chi connectivity index (χ0) is 14.6. The zero-order valence-corrected chi connectivity index (χ0v) is 12.1. The molecule has 0 aliphatic carbocycles. The molecule has 0 rings (SSSR count). The summed E-state index contributed by atoms with van der Waals surface area (Å²) in [4.78, 5) is 22.9. The van der Waals surface area contributed by atoms with E-state index in [1.54, 1.807) is 41.5 Å². The lowest BCUT2D eigenvalue weighted by atomic mass is 10.1. The monoisotopic (exact) mass is 258 g/mol. The molecule has 5 heteroatoms. The maximum Gasteiger partial charge on any atom is 0.323 e. The average Bonchev–Trinajstić information content (AvgIpc) is 2.08. The minimum absolute atomic E-state index is 0.101. The molecule has 1 radical (unpaired) electrons. The van der Waals surface area contributed by atoms with Gasteiger partial charge in [0.1, 0.15) is 17.2 Å². The molecular formula is C13H24NO4. The lowest BCUT2D eigenvalue weighted by Gasteiger charge is -2.22. The van der Waals surface area contributed by atoms with Crippen molar-refractivity contribution in [2.45, 2.75) is 65.2 Å². The van der Waals surface area contributed by atoms with Crippen LogP contribution in [-0.2, 0) is 19.1 Å². The van der Waals surface area contributed by atoms with E-state index in [2.05, 4.69) is 0 Å². The van der Waals surface area contributed by atoms with E-state index in [9.17, 15) is 9.59 Å². The van der Waals surface area contributed by atoms with Crippen molar-refractivity contribution in [3.63, 3.8) is 0 Å². The predicted molar refractivity (Wildman–Crippen MR) is 68.6 cm³/mol. The summed E-state index contributed by atoms with van der Waals surface area (Å²) in [5, 5.41) is 0. The van der Waals surface area contributed by atoms with Gasteiger partial charge >= 0.3 is 11.9 Å². The second-order valence-corrected chi connectivity index (χ2v) is 6.11. The van der Waals surface area contributed by atoms with Crippen molar-refractivity contribution in [2.75, 3.05) is 0 Å². The molecule has 0 fully saturated rings. The largest absolute Gasteiger partial charge is 0.460 e. The number of esters is 2. The Bertz CT molecular complexity index is 299. The van der Waals surface area contributed by atoms with Crippen molar-refractivity contribution in [1.29, 1.82) is 0 Å². The van der Waals surface area contributed by atoms with Gasteiger partial charge in [0, 0.05) is 0 Å². The first kappa shape index (κ1) is 16.9. The topological polar surface area (TPSA) is 78.6 Å². The molecule has 105 valence electrons. The SMILES string of the molecule is CC(C)(C)OC(=O)[CH]CC(N)C(=O)OC(C)(C)C. The molecule has 0 bridgehead atoms. The van der Waals surface area contributed by atoms with Gasteiger partial charge in [-0.15, -0.1) is 0 Å². The average molecular weight is 258 g/mol. The third kappa shape index (κ3) is 8.98. The predicted octanol–water partition coefficient (Wildman–Crippen LogP) is 1.59. The smallest absolute Gasteiger partial charge is 0.323 e. The standard InChI is InChI=1S/C13H24NO4/c1-12(2,3)17-10(15)8-7-9(14)11(16)18-13(4,5)6/h8-9H,7,14H2,1-6H3. The van der Waals surface area contributed by atoms with E-state index in [0.29, 0.717) is 0 Å². The highest BCUT2D eigenvalue weighted by molar-refractivity contribution is 5.82. The number of carbonyl (C=O) groups is 2. The molecule has 2 N–H and O–H groups in total. The molecule has 0 aliphatic rings. The molecule has 0 aliphatic heterocycles. The van der Waals surface area contributed by atoms with Crippen LogP contribution in [0.5, 0.6) is 0 Å².